The van der Waals surface area contributed by atoms with Crippen LogP contribution in [0.2, 0.25) is 0 Å². The third-order valence-electron chi connectivity index (χ3n) is 5.49. The molecule has 0 saturated carbocycles. The van der Waals surface area contributed by atoms with Gasteiger partial charge < -0.3 is 24.6 Å². The Morgan fingerprint density at radius 1 is 1.30 bits per heavy atom. The lowest BCUT2D eigenvalue weighted by Crippen LogP contribution is -2.42. The number of nitrogens with zero attached hydrogens (tertiary/aromatic N) is 3. The van der Waals surface area contributed by atoms with E-state index in [4.69, 9.17) is 9.47 Å². The number of para-hydroxylation sites is 1. The molecule has 3 aliphatic heterocycles. The molecule has 3 heterocycles. The topological polar surface area (TPSA) is 57.3 Å². The van der Waals surface area contributed by atoms with Crippen LogP contribution in [0.1, 0.15) is 18.9 Å². The van der Waals surface area contributed by atoms with Crippen LogP contribution in [0.5, 0.6) is 0 Å². The molecular formula is C20H28N4O3. The van der Waals surface area contributed by atoms with E-state index < -0.39 is 0 Å². The number of fused-ring (bicyclic) bond motifs is 3. The SMILES string of the molecule is CCC1N(C)C=C2C(=O)Nc3c(COCCN4CCOCC4)cccc3N21. The van der Waals surface area contributed by atoms with Gasteiger partial charge in [-0.05, 0) is 12.5 Å². The van der Waals surface area contributed by atoms with Crippen molar-refractivity contribution in [3.05, 3.63) is 35.7 Å². The second-order valence-electron chi connectivity index (χ2n) is 7.21. The first-order chi connectivity index (χ1) is 13.2. The Balaban J connectivity index is 1.45. The van der Waals surface area contributed by atoms with Crippen LogP contribution >= 0.6 is 0 Å². The Bertz CT molecular complexity index is 730. The summed E-state index contributed by atoms with van der Waals surface area (Å²) in [6.45, 7) is 7.76. The molecule has 0 aromatic heterocycles. The summed E-state index contributed by atoms with van der Waals surface area (Å²) in [5.74, 6) is -0.0499. The first kappa shape index (κ1) is 18.3. The molecule has 7 nitrogen and oxygen atoms in total. The van der Waals surface area contributed by atoms with Crippen molar-refractivity contribution in [3.8, 4) is 0 Å². The number of hydrogen-bond acceptors (Lipinski definition) is 6. The zero-order valence-electron chi connectivity index (χ0n) is 16.1. The summed E-state index contributed by atoms with van der Waals surface area (Å²) in [6.07, 6.45) is 3.03. The zero-order chi connectivity index (χ0) is 18.8. The molecule has 1 atom stereocenters. The molecule has 3 aliphatic rings. The highest BCUT2D eigenvalue weighted by Gasteiger charge is 2.38. The lowest BCUT2D eigenvalue weighted by Gasteiger charge is -2.36. The van der Waals surface area contributed by atoms with E-state index in [0.717, 1.165) is 56.2 Å². The number of benzene rings is 1. The Morgan fingerprint density at radius 2 is 2.11 bits per heavy atom. The van der Waals surface area contributed by atoms with Crippen molar-refractivity contribution in [2.75, 3.05) is 56.7 Å². The average molecular weight is 372 g/mol. The number of ether oxygens (including phenoxy) is 2. The number of amides is 1. The lowest BCUT2D eigenvalue weighted by atomic mass is 10.1. The molecule has 1 aromatic rings. The zero-order valence-corrected chi connectivity index (χ0v) is 16.1. The van der Waals surface area contributed by atoms with Gasteiger partial charge in [0.05, 0.1) is 37.8 Å². The molecule has 0 bridgehead atoms. The van der Waals surface area contributed by atoms with Gasteiger partial charge in [-0.2, -0.15) is 0 Å². The second kappa shape index (κ2) is 7.88. The summed E-state index contributed by atoms with van der Waals surface area (Å²) in [5.41, 5.74) is 3.65. The fraction of sp³-hybridized carbons (Fsp3) is 0.550. The van der Waals surface area contributed by atoms with Crippen molar-refractivity contribution in [2.24, 2.45) is 0 Å². The summed E-state index contributed by atoms with van der Waals surface area (Å²) in [4.78, 5) is 19.2. The van der Waals surface area contributed by atoms with Crippen molar-refractivity contribution in [1.82, 2.24) is 9.80 Å². The van der Waals surface area contributed by atoms with E-state index in [1.165, 1.54) is 0 Å². The molecule has 4 rings (SSSR count). The van der Waals surface area contributed by atoms with Crippen molar-refractivity contribution >= 4 is 17.3 Å². The van der Waals surface area contributed by atoms with E-state index in [1.807, 2.05) is 25.4 Å². The van der Waals surface area contributed by atoms with Crippen LogP contribution in [0.3, 0.4) is 0 Å². The first-order valence-electron chi connectivity index (χ1n) is 9.73. The monoisotopic (exact) mass is 372 g/mol. The fourth-order valence-corrected chi connectivity index (χ4v) is 4.04. The Morgan fingerprint density at radius 3 is 2.89 bits per heavy atom. The van der Waals surface area contributed by atoms with Gasteiger partial charge >= 0.3 is 0 Å². The average Bonchev–Trinajstić information content (AvgIpc) is 3.03. The maximum absolute atomic E-state index is 12.6. The number of rotatable bonds is 6. The number of morpholine rings is 1. The van der Waals surface area contributed by atoms with Gasteiger partial charge in [0.25, 0.3) is 5.91 Å². The molecule has 0 radical (unpaired) electrons. The third-order valence-corrected chi connectivity index (χ3v) is 5.49. The molecular weight excluding hydrogens is 344 g/mol. The standard InChI is InChI=1S/C20H28N4O3/c1-3-18-22(2)13-17-20(25)21-19-15(5-4-6-16(19)24(17)18)14-27-12-9-23-7-10-26-11-8-23/h4-6,13,18H,3,7-12,14H2,1-2H3,(H,21,25). The number of hydrogen-bond donors (Lipinski definition) is 1. The second-order valence-corrected chi connectivity index (χ2v) is 7.21. The first-order valence-corrected chi connectivity index (χ1v) is 9.73. The van der Waals surface area contributed by atoms with Crippen LogP contribution < -0.4 is 10.2 Å². The predicted molar refractivity (Wildman–Crippen MR) is 104 cm³/mol. The van der Waals surface area contributed by atoms with Gasteiger partial charge in [0.1, 0.15) is 11.9 Å². The number of carbonyl (C=O) groups excluding carboxylic acids is 1. The number of carbonyl (C=O) groups is 1. The normalized spacial score (nSPS) is 22.4. The van der Waals surface area contributed by atoms with E-state index in [-0.39, 0.29) is 12.1 Å². The van der Waals surface area contributed by atoms with Crippen molar-refractivity contribution < 1.29 is 14.3 Å². The van der Waals surface area contributed by atoms with E-state index in [2.05, 4.69) is 33.0 Å². The minimum Gasteiger partial charge on any atom is -0.379 e. The highest BCUT2D eigenvalue weighted by atomic mass is 16.5. The van der Waals surface area contributed by atoms with Gasteiger partial charge in [-0.15, -0.1) is 0 Å². The molecule has 0 spiro atoms. The summed E-state index contributed by atoms with van der Waals surface area (Å²) >= 11 is 0. The molecule has 1 amide bonds. The highest BCUT2D eigenvalue weighted by Crippen LogP contribution is 2.41. The summed E-state index contributed by atoms with van der Waals surface area (Å²) in [6, 6.07) is 6.14. The molecule has 146 valence electrons. The van der Waals surface area contributed by atoms with E-state index in [1.54, 1.807) is 0 Å². The Kier molecular flexibility index (Phi) is 5.33. The molecule has 1 N–H and O–H groups in total. The minimum absolute atomic E-state index is 0.0499. The largest absolute Gasteiger partial charge is 0.379 e. The van der Waals surface area contributed by atoms with Crippen LogP contribution in [0.25, 0.3) is 0 Å². The summed E-state index contributed by atoms with van der Waals surface area (Å²) in [7, 11) is 2.02. The van der Waals surface area contributed by atoms with E-state index >= 15 is 0 Å². The summed E-state index contributed by atoms with van der Waals surface area (Å²) < 4.78 is 11.3. The van der Waals surface area contributed by atoms with Crippen molar-refractivity contribution in [1.29, 1.82) is 0 Å². The minimum atomic E-state index is -0.0499. The van der Waals surface area contributed by atoms with Crippen molar-refractivity contribution in [3.63, 3.8) is 0 Å². The highest BCUT2D eigenvalue weighted by molar-refractivity contribution is 6.12. The molecule has 1 fully saturated rings. The van der Waals surface area contributed by atoms with E-state index in [9.17, 15) is 4.79 Å². The fourth-order valence-electron chi connectivity index (χ4n) is 4.04. The van der Waals surface area contributed by atoms with Gasteiger partial charge in [0.15, 0.2) is 0 Å². The molecule has 27 heavy (non-hydrogen) atoms. The Labute approximate surface area is 160 Å². The van der Waals surface area contributed by atoms with Gasteiger partial charge in [-0.3, -0.25) is 9.69 Å². The number of nitrogens with one attached hydrogen (secondary N) is 1. The smallest absolute Gasteiger partial charge is 0.273 e. The quantitative estimate of drug-likeness (QED) is 0.769. The Hall–Kier alpha value is -2.09. The van der Waals surface area contributed by atoms with Crippen LogP contribution in [0, 0.1) is 0 Å². The third kappa shape index (κ3) is 3.54. The molecule has 1 aromatic carbocycles. The van der Waals surface area contributed by atoms with E-state index in [0.29, 0.717) is 18.9 Å². The molecule has 1 saturated heterocycles. The van der Waals surface area contributed by atoms with Crippen LogP contribution in [0.15, 0.2) is 30.1 Å². The predicted octanol–water partition coefficient (Wildman–Crippen LogP) is 1.82. The summed E-state index contributed by atoms with van der Waals surface area (Å²) in [5, 5.41) is 3.07. The number of anilines is 2. The maximum atomic E-state index is 12.6. The van der Waals surface area contributed by atoms with Crippen LogP contribution in [-0.4, -0.2) is 68.4 Å². The lowest BCUT2D eigenvalue weighted by molar-refractivity contribution is -0.113. The van der Waals surface area contributed by atoms with Gasteiger partial charge in [0, 0.05) is 38.4 Å². The molecule has 7 heteroatoms. The van der Waals surface area contributed by atoms with Crippen LogP contribution in [0.4, 0.5) is 11.4 Å². The maximum Gasteiger partial charge on any atom is 0.273 e. The van der Waals surface area contributed by atoms with Crippen molar-refractivity contribution in [2.45, 2.75) is 26.1 Å². The molecule has 1 unspecified atom stereocenters. The van der Waals surface area contributed by atoms with Crippen LogP contribution in [-0.2, 0) is 20.9 Å². The van der Waals surface area contributed by atoms with Gasteiger partial charge in [0.2, 0.25) is 0 Å². The van der Waals surface area contributed by atoms with Gasteiger partial charge in [-0.1, -0.05) is 19.1 Å². The molecule has 0 aliphatic carbocycles. The van der Waals surface area contributed by atoms with Gasteiger partial charge in [-0.25, -0.2) is 0 Å².